The summed E-state index contributed by atoms with van der Waals surface area (Å²) in [7, 11) is 0. The van der Waals surface area contributed by atoms with Crippen molar-refractivity contribution < 1.29 is 0 Å². The van der Waals surface area contributed by atoms with E-state index < -0.39 is 0 Å². The highest BCUT2D eigenvalue weighted by Gasteiger charge is 2.22. The van der Waals surface area contributed by atoms with Gasteiger partial charge in [-0.1, -0.05) is 6.07 Å². The molecule has 6 nitrogen and oxygen atoms in total. The highest BCUT2D eigenvalue weighted by Crippen LogP contribution is 2.21. The first-order valence-electron chi connectivity index (χ1n) is 9.72. The summed E-state index contributed by atoms with van der Waals surface area (Å²) in [5, 5.41) is 5.30. The predicted molar refractivity (Wildman–Crippen MR) is 130 cm³/mol. The van der Waals surface area contributed by atoms with Crippen LogP contribution in [0.3, 0.4) is 0 Å². The molecule has 4 rings (SSSR count). The molecule has 0 radical (unpaired) electrons. The smallest absolute Gasteiger partial charge is 0.191 e. The van der Waals surface area contributed by atoms with Crippen LogP contribution < -0.4 is 10.6 Å². The predicted octanol–water partition coefficient (Wildman–Crippen LogP) is 3.17. The molecule has 2 aliphatic heterocycles. The van der Waals surface area contributed by atoms with E-state index in [0.717, 1.165) is 50.9 Å². The van der Waals surface area contributed by atoms with E-state index in [1.165, 1.54) is 24.3 Å². The van der Waals surface area contributed by atoms with Crippen molar-refractivity contribution in [3.63, 3.8) is 0 Å². The lowest BCUT2D eigenvalue weighted by Gasteiger charge is -2.35. The standard InChI is InChI=1S/C19H28N6S2.HI/c20-18(24-7-9-25(10-8-24)19-21-5-12-27-19)22-13-16-3-1-6-23(14-16)15-17-4-2-11-26-17;/h2,4-5,11-12,16H,1,3,6-10,13-15H2,(H2,20,22);1H. The molecule has 0 aliphatic carbocycles. The minimum absolute atomic E-state index is 0. The van der Waals surface area contributed by atoms with Crippen LogP contribution in [0.4, 0.5) is 5.13 Å². The monoisotopic (exact) mass is 532 g/mol. The van der Waals surface area contributed by atoms with Crippen molar-refractivity contribution in [2.75, 3.05) is 50.7 Å². The maximum Gasteiger partial charge on any atom is 0.191 e. The molecule has 2 aliphatic rings. The molecule has 0 saturated carbocycles. The molecule has 0 aromatic carbocycles. The highest BCUT2D eigenvalue weighted by atomic mass is 127. The molecule has 28 heavy (non-hydrogen) atoms. The van der Waals surface area contributed by atoms with E-state index in [4.69, 9.17) is 10.7 Å². The Kier molecular flexibility index (Phi) is 8.36. The fourth-order valence-electron chi connectivity index (χ4n) is 3.89. The second-order valence-corrected chi connectivity index (χ2v) is 9.22. The highest BCUT2D eigenvalue weighted by molar-refractivity contribution is 14.0. The van der Waals surface area contributed by atoms with Gasteiger partial charge in [-0.3, -0.25) is 9.89 Å². The molecule has 0 bridgehead atoms. The molecule has 2 fully saturated rings. The maximum absolute atomic E-state index is 6.31. The van der Waals surface area contributed by atoms with Gasteiger partial charge in [0, 0.05) is 62.3 Å². The van der Waals surface area contributed by atoms with Crippen LogP contribution in [0.5, 0.6) is 0 Å². The summed E-state index contributed by atoms with van der Waals surface area (Å²) in [6, 6.07) is 4.37. The van der Waals surface area contributed by atoms with Crippen LogP contribution in [0.2, 0.25) is 0 Å². The number of piperazine rings is 1. The van der Waals surface area contributed by atoms with Gasteiger partial charge in [0.15, 0.2) is 11.1 Å². The number of thiophene rings is 1. The molecule has 2 aromatic heterocycles. The average molecular weight is 533 g/mol. The minimum atomic E-state index is 0. The van der Waals surface area contributed by atoms with Crippen LogP contribution >= 0.6 is 46.7 Å². The molecule has 0 amide bonds. The van der Waals surface area contributed by atoms with Crippen molar-refractivity contribution in [2.45, 2.75) is 19.4 Å². The molecule has 1 unspecified atom stereocenters. The Bertz CT molecular complexity index is 713. The van der Waals surface area contributed by atoms with Crippen molar-refractivity contribution in [3.8, 4) is 0 Å². The second kappa shape index (κ2) is 10.7. The fourth-order valence-corrected chi connectivity index (χ4v) is 5.33. The number of aromatic nitrogens is 1. The summed E-state index contributed by atoms with van der Waals surface area (Å²) < 4.78 is 0. The zero-order valence-electron chi connectivity index (χ0n) is 16.1. The van der Waals surface area contributed by atoms with E-state index in [1.807, 2.05) is 22.9 Å². The van der Waals surface area contributed by atoms with Crippen molar-refractivity contribution in [1.82, 2.24) is 14.8 Å². The minimum Gasteiger partial charge on any atom is -0.370 e. The summed E-state index contributed by atoms with van der Waals surface area (Å²) >= 11 is 3.55. The van der Waals surface area contributed by atoms with E-state index in [1.54, 1.807) is 11.3 Å². The number of guanidine groups is 1. The number of aliphatic imine (C=N–C) groups is 1. The number of anilines is 1. The van der Waals surface area contributed by atoms with Crippen molar-refractivity contribution in [2.24, 2.45) is 16.6 Å². The van der Waals surface area contributed by atoms with Crippen LogP contribution in [0.25, 0.3) is 0 Å². The molecule has 1 atom stereocenters. The molecule has 9 heteroatoms. The molecule has 2 saturated heterocycles. The quantitative estimate of drug-likeness (QED) is 0.364. The number of likely N-dealkylation sites (tertiary alicyclic amines) is 1. The lowest BCUT2D eigenvalue weighted by Crippen LogP contribution is -2.51. The third kappa shape index (κ3) is 5.80. The Labute approximate surface area is 192 Å². The van der Waals surface area contributed by atoms with E-state index in [0.29, 0.717) is 11.9 Å². The zero-order chi connectivity index (χ0) is 18.5. The van der Waals surface area contributed by atoms with Gasteiger partial charge in [-0.2, -0.15) is 0 Å². The maximum atomic E-state index is 6.31. The van der Waals surface area contributed by atoms with Gasteiger partial charge in [0.25, 0.3) is 0 Å². The zero-order valence-corrected chi connectivity index (χ0v) is 20.0. The van der Waals surface area contributed by atoms with Gasteiger partial charge >= 0.3 is 0 Å². The van der Waals surface area contributed by atoms with Crippen molar-refractivity contribution in [1.29, 1.82) is 0 Å². The van der Waals surface area contributed by atoms with E-state index in [9.17, 15) is 0 Å². The van der Waals surface area contributed by atoms with Gasteiger partial charge in [0.1, 0.15) is 0 Å². The first kappa shape index (κ1) is 21.8. The largest absolute Gasteiger partial charge is 0.370 e. The van der Waals surface area contributed by atoms with Gasteiger partial charge in [-0.05, 0) is 36.8 Å². The first-order valence-corrected chi connectivity index (χ1v) is 11.5. The summed E-state index contributed by atoms with van der Waals surface area (Å²) in [6.45, 7) is 8.02. The summed E-state index contributed by atoms with van der Waals surface area (Å²) in [4.78, 5) is 17.7. The van der Waals surface area contributed by atoms with Gasteiger partial charge in [-0.25, -0.2) is 4.98 Å². The SMILES string of the molecule is I.NC(=NCC1CCCN(Cc2cccs2)C1)N1CCN(c2nccs2)CC1. The van der Waals surface area contributed by atoms with Crippen LogP contribution in [-0.2, 0) is 6.54 Å². The fraction of sp³-hybridized carbons (Fsp3) is 0.579. The lowest BCUT2D eigenvalue weighted by atomic mass is 9.98. The van der Waals surface area contributed by atoms with Crippen molar-refractivity contribution in [3.05, 3.63) is 34.0 Å². The Hall–Kier alpha value is -0.910. The van der Waals surface area contributed by atoms with Crippen LogP contribution in [0, 0.1) is 5.92 Å². The molecule has 2 aromatic rings. The number of piperidine rings is 1. The Morgan fingerprint density at radius 3 is 2.75 bits per heavy atom. The van der Waals surface area contributed by atoms with Gasteiger partial charge in [0.05, 0.1) is 0 Å². The van der Waals surface area contributed by atoms with Crippen molar-refractivity contribution >= 4 is 57.7 Å². The molecular weight excluding hydrogens is 503 g/mol. The number of nitrogens with zero attached hydrogens (tertiary/aromatic N) is 5. The Morgan fingerprint density at radius 1 is 1.18 bits per heavy atom. The number of rotatable bonds is 5. The number of halogens is 1. The summed E-state index contributed by atoms with van der Waals surface area (Å²) in [5.74, 6) is 1.33. The van der Waals surface area contributed by atoms with E-state index >= 15 is 0 Å². The van der Waals surface area contributed by atoms with Crippen LogP contribution in [0.15, 0.2) is 34.1 Å². The first-order chi connectivity index (χ1) is 13.3. The average Bonchev–Trinajstić information content (AvgIpc) is 3.41. The van der Waals surface area contributed by atoms with Crippen LogP contribution in [-0.4, -0.2) is 66.6 Å². The third-order valence-electron chi connectivity index (χ3n) is 5.37. The third-order valence-corrected chi connectivity index (χ3v) is 7.06. The lowest BCUT2D eigenvalue weighted by molar-refractivity contribution is 0.172. The number of hydrogen-bond donors (Lipinski definition) is 1. The second-order valence-electron chi connectivity index (χ2n) is 7.31. The molecule has 4 heterocycles. The Balaban J connectivity index is 0.00000225. The Morgan fingerprint density at radius 2 is 2.04 bits per heavy atom. The van der Waals surface area contributed by atoms with Crippen LogP contribution in [0.1, 0.15) is 17.7 Å². The molecular formula is C19H29IN6S2. The number of thiazole rings is 1. The van der Waals surface area contributed by atoms with Gasteiger partial charge in [0.2, 0.25) is 0 Å². The van der Waals surface area contributed by atoms with Gasteiger partial charge in [-0.15, -0.1) is 46.7 Å². The van der Waals surface area contributed by atoms with Gasteiger partial charge < -0.3 is 15.5 Å². The summed E-state index contributed by atoms with van der Waals surface area (Å²) in [5.41, 5.74) is 6.31. The molecule has 154 valence electrons. The molecule has 0 spiro atoms. The number of nitrogens with two attached hydrogens (primary N) is 1. The van der Waals surface area contributed by atoms with E-state index in [-0.39, 0.29) is 24.0 Å². The molecule has 2 N–H and O–H groups in total. The topological polar surface area (TPSA) is 61.0 Å². The van der Waals surface area contributed by atoms with E-state index in [2.05, 4.69) is 37.2 Å². The summed E-state index contributed by atoms with van der Waals surface area (Å²) in [6.07, 6.45) is 4.39. The number of hydrogen-bond acceptors (Lipinski definition) is 6. The normalized spacial score (nSPS) is 21.6.